The van der Waals surface area contributed by atoms with E-state index >= 15 is 0 Å². The first-order chi connectivity index (χ1) is 4.79. The van der Waals surface area contributed by atoms with Crippen LogP contribution in [-0.4, -0.2) is 16.0 Å². The van der Waals surface area contributed by atoms with Crippen LogP contribution in [0.25, 0.3) is 0 Å². The minimum atomic E-state index is 0.650. The van der Waals surface area contributed by atoms with Crippen molar-refractivity contribution in [2.24, 2.45) is 5.73 Å². The number of thioether (sulfide) groups is 1. The minimum absolute atomic E-state index is 0.650. The minimum Gasteiger partial charge on any atom is -0.393 e. The Balaban J connectivity index is 2.07. The predicted molar refractivity (Wildman–Crippen MR) is 51.5 cm³/mol. The van der Waals surface area contributed by atoms with Crippen molar-refractivity contribution < 1.29 is 0 Å². The molecule has 0 aliphatic heterocycles. The average molecular weight is 175 g/mol. The van der Waals surface area contributed by atoms with Crippen molar-refractivity contribution in [1.82, 2.24) is 0 Å². The number of rotatable bonds is 3. The molecule has 10 heavy (non-hydrogen) atoms. The fourth-order valence-corrected chi connectivity index (χ4v) is 2.53. The van der Waals surface area contributed by atoms with Crippen LogP contribution >= 0.6 is 24.0 Å². The third-order valence-electron chi connectivity index (χ3n) is 1.76. The zero-order valence-electron chi connectivity index (χ0n) is 6.01. The normalized spacial score (nSPS) is 19.6. The van der Waals surface area contributed by atoms with Gasteiger partial charge in [0.05, 0.1) is 4.99 Å². The molecule has 1 fully saturated rings. The lowest BCUT2D eigenvalue weighted by molar-refractivity contribution is 0.886. The second-order valence-corrected chi connectivity index (χ2v) is 4.50. The Bertz CT molecular complexity index is 119. The molecule has 0 saturated heterocycles. The van der Waals surface area contributed by atoms with Crippen LogP contribution in [0, 0.1) is 0 Å². The van der Waals surface area contributed by atoms with Crippen molar-refractivity contribution in [3.63, 3.8) is 0 Å². The Labute approximate surface area is 71.7 Å². The van der Waals surface area contributed by atoms with Gasteiger partial charge in [-0.05, 0) is 12.8 Å². The molecule has 2 N–H and O–H groups in total. The van der Waals surface area contributed by atoms with Gasteiger partial charge in [-0.25, -0.2) is 0 Å². The zero-order chi connectivity index (χ0) is 7.40. The van der Waals surface area contributed by atoms with E-state index in [1.165, 1.54) is 25.7 Å². The third kappa shape index (κ3) is 2.88. The number of hydrogen-bond acceptors (Lipinski definition) is 2. The van der Waals surface area contributed by atoms with E-state index in [0.717, 1.165) is 11.0 Å². The van der Waals surface area contributed by atoms with Gasteiger partial charge < -0.3 is 5.73 Å². The first-order valence-corrected chi connectivity index (χ1v) is 5.14. The second-order valence-electron chi connectivity index (χ2n) is 2.68. The summed E-state index contributed by atoms with van der Waals surface area (Å²) in [5.41, 5.74) is 5.38. The number of nitrogens with two attached hydrogens (primary N) is 1. The molecule has 1 nitrogen and oxygen atoms in total. The van der Waals surface area contributed by atoms with Gasteiger partial charge in [0.1, 0.15) is 0 Å². The molecular weight excluding hydrogens is 162 g/mol. The van der Waals surface area contributed by atoms with Crippen molar-refractivity contribution in [2.75, 3.05) is 5.75 Å². The van der Waals surface area contributed by atoms with Crippen LogP contribution in [0.1, 0.15) is 25.7 Å². The summed E-state index contributed by atoms with van der Waals surface area (Å²) in [7, 11) is 0. The van der Waals surface area contributed by atoms with Gasteiger partial charge in [-0.2, -0.15) is 11.8 Å². The molecule has 0 aromatic heterocycles. The predicted octanol–water partition coefficient (Wildman–Crippen LogP) is 1.95. The van der Waals surface area contributed by atoms with Gasteiger partial charge in [-0.15, -0.1) is 0 Å². The Morgan fingerprint density at radius 1 is 1.50 bits per heavy atom. The maximum absolute atomic E-state index is 5.38. The van der Waals surface area contributed by atoms with Crippen molar-refractivity contribution in [3.05, 3.63) is 0 Å². The van der Waals surface area contributed by atoms with Crippen LogP contribution in [0.5, 0.6) is 0 Å². The summed E-state index contributed by atoms with van der Waals surface area (Å²) >= 11 is 6.71. The summed E-state index contributed by atoms with van der Waals surface area (Å²) in [6, 6.07) is 0. The van der Waals surface area contributed by atoms with Gasteiger partial charge in [0.15, 0.2) is 0 Å². The summed E-state index contributed by atoms with van der Waals surface area (Å²) in [6.45, 7) is 0. The first kappa shape index (κ1) is 8.34. The van der Waals surface area contributed by atoms with Gasteiger partial charge in [0.25, 0.3) is 0 Å². The smallest absolute Gasteiger partial charge is 0.0827 e. The van der Waals surface area contributed by atoms with E-state index in [9.17, 15) is 0 Å². The lowest BCUT2D eigenvalue weighted by atomic mass is 10.4. The van der Waals surface area contributed by atoms with E-state index in [0.29, 0.717) is 4.99 Å². The standard InChI is InChI=1S/C7H13NS2/c8-7(9)5-10-6-3-1-2-4-6/h6H,1-5H2,(H2,8,9). The molecule has 0 heterocycles. The molecule has 0 unspecified atom stereocenters. The molecule has 1 aliphatic carbocycles. The molecule has 58 valence electrons. The molecule has 0 radical (unpaired) electrons. The molecule has 1 saturated carbocycles. The van der Waals surface area contributed by atoms with E-state index in [1.807, 2.05) is 11.8 Å². The fourth-order valence-electron chi connectivity index (χ4n) is 1.26. The van der Waals surface area contributed by atoms with Crippen LogP contribution in [0.15, 0.2) is 0 Å². The second kappa shape index (κ2) is 4.19. The van der Waals surface area contributed by atoms with E-state index in [2.05, 4.69) is 0 Å². The molecule has 3 heteroatoms. The van der Waals surface area contributed by atoms with E-state index in [4.69, 9.17) is 18.0 Å². The Morgan fingerprint density at radius 3 is 2.60 bits per heavy atom. The van der Waals surface area contributed by atoms with Crippen LogP contribution in [0.2, 0.25) is 0 Å². The summed E-state index contributed by atoms with van der Waals surface area (Å²) < 4.78 is 0. The summed E-state index contributed by atoms with van der Waals surface area (Å²) in [4.78, 5) is 0.650. The molecule has 0 bridgehead atoms. The zero-order valence-corrected chi connectivity index (χ0v) is 7.64. The van der Waals surface area contributed by atoms with Crippen LogP contribution in [-0.2, 0) is 0 Å². The van der Waals surface area contributed by atoms with Gasteiger partial charge in [0, 0.05) is 11.0 Å². The third-order valence-corrected chi connectivity index (χ3v) is 3.51. The molecule has 0 spiro atoms. The van der Waals surface area contributed by atoms with E-state index < -0.39 is 0 Å². The highest BCUT2D eigenvalue weighted by Crippen LogP contribution is 2.28. The summed E-state index contributed by atoms with van der Waals surface area (Å²) in [6.07, 6.45) is 5.53. The van der Waals surface area contributed by atoms with Gasteiger partial charge in [-0.1, -0.05) is 25.1 Å². The molecule has 0 aromatic rings. The highest BCUT2D eigenvalue weighted by atomic mass is 32.2. The number of hydrogen-bond donors (Lipinski definition) is 1. The largest absolute Gasteiger partial charge is 0.393 e. The van der Waals surface area contributed by atoms with Crippen molar-refractivity contribution in [1.29, 1.82) is 0 Å². The molecular formula is C7H13NS2. The highest BCUT2D eigenvalue weighted by molar-refractivity contribution is 8.01. The van der Waals surface area contributed by atoms with Crippen LogP contribution in [0.3, 0.4) is 0 Å². The molecule has 1 aliphatic rings. The fraction of sp³-hybridized carbons (Fsp3) is 0.857. The van der Waals surface area contributed by atoms with E-state index in [1.54, 1.807) is 0 Å². The van der Waals surface area contributed by atoms with Crippen LogP contribution in [0.4, 0.5) is 0 Å². The SMILES string of the molecule is NC(=S)CSC1CCCC1. The van der Waals surface area contributed by atoms with E-state index in [-0.39, 0.29) is 0 Å². The lowest BCUT2D eigenvalue weighted by Gasteiger charge is -2.05. The summed E-state index contributed by atoms with van der Waals surface area (Å²) in [5.74, 6) is 0.875. The van der Waals surface area contributed by atoms with Gasteiger partial charge >= 0.3 is 0 Å². The van der Waals surface area contributed by atoms with Crippen molar-refractivity contribution >= 4 is 29.0 Å². The van der Waals surface area contributed by atoms with Crippen LogP contribution < -0.4 is 5.73 Å². The van der Waals surface area contributed by atoms with Gasteiger partial charge in [-0.3, -0.25) is 0 Å². The summed E-state index contributed by atoms with van der Waals surface area (Å²) in [5, 5.41) is 0.849. The first-order valence-electron chi connectivity index (χ1n) is 3.69. The number of thiocarbonyl (C=S) groups is 1. The maximum atomic E-state index is 5.38. The van der Waals surface area contributed by atoms with Crippen molar-refractivity contribution in [2.45, 2.75) is 30.9 Å². The highest BCUT2D eigenvalue weighted by Gasteiger charge is 2.14. The maximum Gasteiger partial charge on any atom is 0.0827 e. The van der Waals surface area contributed by atoms with Gasteiger partial charge in [0.2, 0.25) is 0 Å². The average Bonchev–Trinajstić information content (AvgIpc) is 2.34. The van der Waals surface area contributed by atoms with Crippen molar-refractivity contribution in [3.8, 4) is 0 Å². The Morgan fingerprint density at radius 2 is 2.10 bits per heavy atom. The molecule has 1 rings (SSSR count). The lowest BCUT2D eigenvalue weighted by Crippen LogP contribution is -2.12. The molecule has 0 amide bonds. The topological polar surface area (TPSA) is 26.0 Å². The molecule has 0 aromatic carbocycles. The quantitative estimate of drug-likeness (QED) is 0.664. The Hall–Kier alpha value is 0.240. The Kier molecular flexibility index (Phi) is 3.49. The monoisotopic (exact) mass is 175 g/mol. The molecule has 0 atom stereocenters.